The number of amides is 1. The van der Waals surface area contributed by atoms with Crippen LogP contribution in [0.4, 0.5) is 11.4 Å². The first kappa shape index (κ1) is 15.1. The van der Waals surface area contributed by atoms with E-state index in [1.807, 2.05) is 49.4 Å². The van der Waals surface area contributed by atoms with E-state index in [0.29, 0.717) is 10.7 Å². The van der Waals surface area contributed by atoms with Gasteiger partial charge in [-0.2, -0.15) is 5.10 Å². The van der Waals surface area contributed by atoms with Gasteiger partial charge in [0.25, 0.3) is 5.91 Å². The second-order valence-corrected chi connectivity index (χ2v) is 5.46. The second kappa shape index (κ2) is 6.14. The van der Waals surface area contributed by atoms with Gasteiger partial charge in [-0.15, -0.1) is 0 Å². The lowest BCUT2D eigenvalue weighted by atomic mass is 10.2. The molecule has 0 unspecified atom stereocenters. The van der Waals surface area contributed by atoms with Gasteiger partial charge in [0, 0.05) is 5.02 Å². The quantitative estimate of drug-likeness (QED) is 0.849. The summed E-state index contributed by atoms with van der Waals surface area (Å²) in [6, 6.07) is 14.7. The molecule has 1 amide bonds. The van der Waals surface area contributed by atoms with Crippen molar-refractivity contribution in [3.05, 3.63) is 71.4 Å². The largest absolute Gasteiger partial charge is 0.299 e. The molecular formula is C17H15ClN4O. The fraction of sp³-hybridized carbons (Fsp3) is 0.0588. The third-order valence-electron chi connectivity index (χ3n) is 3.51. The van der Waals surface area contributed by atoms with Crippen LogP contribution in [0.15, 0.2) is 65.9 Å². The summed E-state index contributed by atoms with van der Waals surface area (Å²) in [6.07, 6.45) is 0. The van der Waals surface area contributed by atoms with Gasteiger partial charge in [-0.3, -0.25) is 15.6 Å². The predicted molar refractivity (Wildman–Crippen MR) is 93.5 cm³/mol. The van der Waals surface area contributed by atoms with Gasteiger partial charge in [-0.25, -0.2) is 5.01 Å². The fourth-order valence-corrected chi connectivity index (χ4v) is 2.37. The van der Waals surface area contributed by atoms with Gasteiger partial charge in [0.05, 0.1) is 17.1 Å². The number of halogens is 1. The Bertz CT molecular complexity index is 801. The summed E-state index contributed by atoms with van der Waals surface area (Å²) in [5.41, 5.74) is 8.80. The van der Waals surface area contributed by atoms with Crippen LogP contribution in [0.2, 0.25) is 5.02 Å². The lowest BCUT2D eigenvalue weighted by molar-refractivity contribution is -0.112. The SMILES string of the molecule is C=C1NN(c2ccccc2)C(=O)/C1=N\Nc1cccc(Cl)c1C. The van der Waals surface area contributed by atoms with Crippen LogP contribution in [0.25, 0.3) is 0 Å². The molecule has 0 aliphatic carbocycles. The standard InChI is InChI=1S/C17H15ClN4O/c1-11-14(18)9-6-10-15(11)19-20-16-12(2)21-22(17(16)23)13-7-4-3-5-8-13/h3-10,19,21H,2H2,1H3/b20-16-. The molecule has 2 N–H and O–H groups in total. The number of carbonyl (C=O) groups is 1. The molecule has 0 spiro atoms. The highest BCUT2D eigenvalue weighted by molar-refractivity contribution is 6.51. The highest BCUT2D eigenvalue weighted by atomic mass is 35.5. The Kier molecular flexibility index (Phi) is 4.04. The number of hydrogen-bond donors (Lipinski definition) is 2. The summed E-state index contributed by atoms with van der Waals surface area (Å²) >= 11 is 6.08. The Morgan fingerprint density at radius 1 is 1.17 bits per heavy atom. The Labute approximate surface area is 139 Å². The highest BCUT2D eigenvalue weighted by Gasteiger charge is 2.32. The van der Waals surface area contributed by atoms with Crippen molar-refractivity contribution in [2.45, 2.75) is 6.92 Å². The average Bonchev–Trinajstić information content (AvgIpc) is 2.84. The topological polar surface area (TPSA) is 56.7 Å². The van der Waals surface area contributed by atoms with Gasteiger partial charge in [0.2, 0.25) is 0 Å². The van der Waals surface area contributed by atoms with Gasteiger partial charge < -0.3 is 0 Å². The number of hydrogen-bond acceptors (Lipinski definition) is 4. The first-order chi connectivity index (χ1) is 11.1. The average molecular weight is 327 g/mol. The van der Waals surface area contributed by atoms with Crippen LogP contribution in [0.3, 0.4) is 0 Å². The molecule has 6 heteroatoms. The minimum absolute atomic E-state index is 0.230. The molecule has 23 heavy (non-hydrogen) atoms. The van der Waals surface area contributed by atoms with Crippen molar-refractivity contribution in [1.29, 1.82) is 0 Å². The molecule has 116 valence electrons. The summed E-state index contributed by atoms with van der Waals surface area (Å²) < 4.78 is 0. The maximum absolute atomic E-state index is 12.5. The highest BCUT2D eigenvalue weighted by Crippen LogP contribution is 2.23. The van der Waals surface area contributed by atoms with Gasteiger partial charge >= 0.3 is 0 Å². The van der Waals surface area contributed by atoms with Crippen LogP contribution in [0.1, 0.15) is 5.56 Å². The van der Waals surface area contributed by atoms with Crippen LogP contribution in [0.5, 0.6) is 0 Å². The van der Waals surface area contributed by atoms with Crippen molar-refractivity contribution >= 4 is 34.6 Å². The Morgan fingerprint density at radius 3 is 2.65 bits per heavy atom. The Hall–Kier alpha value is -2.79. The van der Waals surface area contributed by atoms with Crippen molar-refractivity contribution in [2.75, 3.05) is 10.4 Å². The number of benzene rings is 2. The lowest BCUT2D eigenvalue weighted by Crippen LogP contribution is -2.34. The van der Waals surface area contributed by atoms with Gasteiger partial charge in [0.1, 0.15) is 0 Å². The first-order valence-electron chi connectivity index (χ1n) is 7.02. The van der Waals surface area contributed by atoms with E-state index < -0.39 is 0 Å². The third-order valence-corrected chi connectivity index (χ3v) is 3.92. The number of hydrazone groups is 1. The van der Waals surface area contributed by atoms with Gasteiger partial charge in [-0.05, 0) is 36.8 Å². The van der Waals surface area contributed by atoms with Crippen LogP contribution in [-0.2, 0) is 4.79 Å². The molecule has 0 atom stereocenters. The van der Waals surface area contributed by atoms with Crippen molar-refractivity contribution in [3.63, 3.8) is 0 Å². The molecular weight excluding hydrogens is 312 g/mol. The minimum atomic E-state index is -0.270. The maximum atomic E-state index is 12.5. The van der Waals surface area contributed by atoms with Crippen molar-refractivity contribution in [1.82, 2.24) is 5.43 Å². The normalized spacial score (nSPS) is 15.9. The number of anilines is 2. The molecule has 1 aliphatic rings. The first-order valence-corrected chi connectivity index (χ1v) is 7.40. The molecule has 1 saturated heterocycles. The number of rotatable bonds is 3. The van der Waals surface area contributed by atoms with Crippen molar-refractivity contribution in [2.24, 2.45) is 5.10 Å². The molecule has 0 radical (unpaired) electrons. The maximum Gasteiger partial charge on any atom is 0.299 e. The summed E-state index contributed by atoms with van der Waals surface area (Å²) in [6.45, 7) is 5.72. The molecule has 0 bridgehead atoms. The van der Waals surface area contributed by atoms with Crippen molar-refractivity contribution < 1.29 is 4.79 Å². The van der Waals surface area contributed by atoms with Crippen LogP contribution < -0.4 is 15.9 Å². The molecule has 2 aromatic carbocycles. The van der Waals surface area contributed by atoms with Crippen LogP contribution in [-0.4, -0.2) is 11.6 Å². The summed E-state index contributed by atoms with van der Waals surface area (Å²) in [4.78, 5) is 12.5. The van der Waals surface area contributed by atoms with E-state index in [4.69, 9.17) is 11.6 Å². The molecule has 2 aromatic rings. The minimum Gasteiger partial charge on any atom is -0.289 e. The van der Waals surface area contributed by atoms with Gasteiger partial charge in [0.15, 0.2) is 5.71 Å². The van der Waals surface area contributed by atoms with E-state index in [0.717, 1.165) is 16.9 Å². The third kappa shape index (κ3) is 2.91. The van der Waals surface area contributed by atoms with E-state index in [1.54, 1.807) is 6.07 Å². The van der Waals surface area contributed by atoms with Crippen LogP contribution in [0, 0.1) is 6.92 Å². The van der Waals surface area contributed by atoms with Crippen molar-refractivity contribution in [3.8, 4) is 0 Å². The smallest absolute Gasteiger partial charge is 0.289 e. The Morgan fingerprint density at radius 2 is 1.91 bits per heavy atom. The number of para-hydroxylation sites is 1. The number of nitrogens with one attached hydrogen (secondary N) is 2. The van der Waals surface area contributed by atoms with E-state index in [1.165, 1.54) is 5.01 Å². The number of nitrogens with zero attached hydrogens (tertiary/aromatic N) is 2. The fourth-order valence-electron chi connectivity index (χ4n) is 2.19. The number of hydrazine groups is 1. The molecule has 5 nitrogen and oxygen atoms in total. The number of carbonyl (C=O) groups excluding carboxylic acids is 1. The second-order valence-electron chi connectivity index (χ2n) is 5.05. The molecule has 1 aliphatic heterocycles. The molecule has 1 fully saturated rings. The summed E-state index contributed by atoms with van der Waals surface area (Å²) in [5.74, 6) is -0.270. The lowest BCUT2D eigenvalue weighted by Gasteiger charge is -2.14. The van der Waals surface area contributed by atoms with E-state index >= 15 is 0 Å². The summed E-state index contributed by atoms with van der Waals surface area (Å²) in [7, 11) is 0. The van der Waals surface area contributed by atoms with E-state index in [9.17, 15) is 4.79 Å². The monoisotopic (exact) mass is 326 g/mol. The molecule has 1 heterocycles. The zero-order chi connectivity index (χ0) is 16.4. The predicted octanol–water partition coefficient (Wildman–Crippen LogP) is 3.48. The van der Waals surface area contributed by atoms with E-state index in [2.05, 4.69) is 22.5 Å². The van der Waals surface area contributed by atoms with Crippen LogP contribution >= 0.6 is 11.6 Å². The zero-order valence-corrected chi connectivity index (χ0v) is 13.3. The molecule has 0 saturated carbocycles. The van der Waals surface area contributed by atoms with E-state index in [-0.39, 0.29) is 11.6 Å². The molecule has 0 aromatic heterocycles. The zero-order valence-electron chi connectivity index (χ0n) is 12.5. The summed E-state index contributed by atoms with van der Waals surface area (Å²) in [5, 5.41) is 6.23. The van der Waals surface area contributed by atoms with Gasteiger partial charge in [-0.1, -0.05) is 42.4 Å². The Balaban J connectivity index is 1.84. The molecule has 3 rings (SSSR count).